The molecular weight excluding hydrogens is 386 g/mol. The van der Waals surface area contributed by atoms with Crippen molar-refractivity contribution in [2.75, 3.05) is 29.9 Å². The van der Waals surface area contributed by atoms with Crippen molar-refractivity contribution in [2.45, 2.75) is 64.8 Å². The molecular formula is C21H33N5S2. The van der Waals surface area contributed by atoms with Crippen molar-refractivity contribution in [2.24, 2.45) is 5.73 Å². The van der Waals surface area contributed by atoms with Crippen molar-refractivity contribution in [3.63, 3.8) is 0 Å². The van der Waals surface area contributed by atoms with Gasteiger partial charge in [0.1, 0.15) is 0 Å². The number of nitrogens with one attached hydrogen (secondary N) is 2. The summed E-state index contributed by atoms with van der Waals surface area (Å²) < 4.78 is 1.19. The Morgan fingerprint density at radius 2 is 1.86 bits per heavy atom. The fraction of sp³-hybridized carbons (Fsp3) is 0.619. The van der Waals surface area contributed by atoms with E-state index < -0.39 is 0 Å². The van der Waals surface area contributed by atoms with Gasteiger partial charge < -0.3 is 21.3 Å². The predicted octanol–water partition coefficient (Wildman–Crippen LogP) is 4.61. The summed E-state index contributed by atoms with van der Waals surface area (Å²) in [5, 5.41) is 8.53. The number of benzene rings is 1. The van der Waals surface area contributed by atoms with E-state index in [1.54, 1.807) is 11.3 Å². The maximum absolute atomic E-state index is 5.85. The zero-order chi connectivity index (χ0) is 20.5. The second-order valence-corrected chi connectivity index (χ2v) is 10.8. The van der Waals surface area contributed by atoms with Gasteiger partial charge in [-0.05, 0) is 57.5 Å². The Bertz CT molecular complexity index is 844. The van der Waals surface area contributed by atoms with E-state index in [0.29, 0.717) is 11.7 Å². The number of nitrogens with zero attached hydrogens (tertiary/aromatic N) is 2. The van der Waals surface area contributed by atoms with Gasteiger partial charge in [0.15, 0.2) is 5.11 Å². The maximum Gasteiger partial charge on any atom is 0.171 e. The second kappa shape index (κ2) is 8.13. The number of aromatic nitrogens is 1. The van der Waals surface area contributed by atoms with E-state index >= 15 is 0 Å². The van der Waals surface area contributed by atoms with Crippen LogP contribution in [-0.2, 0) is 5.41 Å². The molecule has 0 unspecified atom stereocenters. The van der Waals surface area contributed by atoms with Crippen molar-refractivity contribution in [1.82, 2.24) is 10.3 Å². The monoisotopic (exact) mass is 419 g/mol. The van der Waals surface area contributed by atoms with Crippen LogP contribution in [0.5, 0.6) is 0 Å². The van der Waals surface area contributed by atoms with Crippen LogP contribution in [0.3, 0.4) is 0 Å². The lowest BCUT2D eigenvalue weighted by Gasteiger charge is -2.32. The first-order chi connectivity index (χ1) is 13.1. The second-order valence-electron chi connectivity index (χ2n) is 9.32. The largest absolute Gasteiger partial charge is 0.370 e. The molecule has 2 aromatic rings. The molecule has 0 aliphatic carbocycles. The van der Waals surface area contributed by atoms with Crippen molar-refractivity contribution in [1.29, 1.82) is 0 Å². The number of nitrogens with two attached hydrogens (primary N) is 1. The maximum atomic E-state index is 5.85. The Balaban J connectivity index is 1.98. The van der Waals surface area contributed by atoms with Crippen molar-refractivity contribution in [3.8, 4) is 0 Å². The molecule has 1 aliphatic rings. The fourth-order valence-corrected chi connectivity index (χ4v) is 4.72. The molecule has 0 amide bonds. The van der Waals surface area contributed by atoms with Crippen molar-refractivity contribution in [3.05, 3.63) is 17.1 Å². The van der Waals surface area contributed by atoms with Crippen LogP contribution in [0, 0.1) is 0 Å². The van der Waals surface area contributed by atoms with Gasteiger partial charge in [0.05, 0.1) is 26.6 Å². The lowest BCUT2D eigenvalue weighted by molar-refractivity contribution is 0.475. The summed E-state index contributed by atoms with van der Waals surface area (Å²) in [7, 11) is 0. The first-order valence-electron chi connectivity index (χ1n) is 10.1. The van der Waals surface area contributed by atoms with Gasteiger partial charge in [-0.3, -0.25) is 0 Å². The van der Waals surface area contributed by atoms with E-state index in [-0.39, 0.29) is 11.0 Å². The molecule has 4 N–H and O–H groups in total. The first-order valence-corrected chi connectivity index (χ1v) is 11.3. The highest BCUT2D eigenvalue weighted by Gasteiger charge is 2.23. The number of anilines is 2. The highest BCUT2D eigenvalue weighted by molar-refractivity contribution is 7.80. The fourth-order valence-electron chi connectivity index (χ4n) is 3.29. The summed E-state index contributed by atoms with van der Waals surface area (Å²) in [6.45, 7) is 13.4. The molecule has 0 spiro atoms. The molecule has 0 saturated carbocycles. The molecule has 7 heteroatoms. The summed E-state index contributed by atoms with van der Waals surface area (Å²) in [6, 6.07) is 4.43. The van der Waals surface area contributed by atoms with E-state index in [1.807, 2.05) is 0 Å². The molecule has 5 nitrogen and oxygen atoms in total. The van der Waals surface area contributed by atoms with Crippen LogP contribution in [-0.4, -0.2) is 35.3 Å². The Morgan fingerprint density at radius 3 is 2.46 bits per heavy atom. The Labute approximate surface area is 178 Å². The number of hydrogen-bond acceptors (Lipinski definition) is 5. The SMILES string of the molecule is CC(C)(CN)NC(=S)Nc1cc2sc(C(C)(C)C)nc2cc1N1CCCCC1. The van der Waals surface area contributed by atoms with Crippen molar-refractivity contribution >= 4 is 50.3 Å². The molecule has 1 fully saturated rings. The average Bonchev–Trinajstić information content (AvgIpc) is 3.04. The lowest BCUT2D eigenvalue weighted by atomic mass is 9.98. The lowest BCUT2D eigenvalue weighted by Crippen LogP contribution is -2.50. The van der Waals surface area contributed by atoms with Crippen molar-refractivity contribution < 1.29 is 0 Å². The standard InChI is InChI=1S/C21H33N5S2/c1-20(2,3)18-23-15-11-16(26-9-7-6-8-10-26)14(12-17(15)28-18)24-19(27)25-21(4,5)13-22/h11-12H,6-10,13,22H2,1-5H3,(H2,24,25,27). The number of fused-ring (bicyclic) bond motifs is 1. The quantitative estimate of drug-likeness (QED) is 0.629. The van der Waals surface area contributed by atoms with Gasteiger partial charge in [-0.25, -0.2) is 4.98 Å². The van der Waals surface area contributed by atoms with Crippen LogP contribution in [0.2, 0.25) is 0 Å². The van der Waals surface area contributed by atoms with Gasteiger partial charge in [0.2, 0.25) is 0 Å². The number of piperidine rings is 1. The van der Waals surface area contributed by atoms with Crippen LogP contribution in [0.4, 0.5) is 11.4 Å². The van der Waals surface area contributed by atoms with Crippen LogP contribution in [0.1, 0.15) is 58.9 Å². The van der Waals surface area contributed by atoms with Crippen LogP contribution in [0.15, 0.2) is 12.1 Å². The molecule has 154 valence electrons. The van der Waals surface area contributed by atoms with E-state index in [2.05, 4.69) is 62.3 Å². The number of rotatable bonds is 4. The Morgan fingerprint density at radius 1 is 1.18 bits per heavy atom. The zero-order valence-corrected chi connectivity index (χ0v) is 19.3. The third-order valence-electron chi connectivity index (χ3n) is 5.05. The smallest absolute Gasteiger partial charge is 0.171 e. The van der Waals surface area contributed by atoms with Crippen LogP contribution < -0.4 is 21.3 Å². The molecule has 0 bridgehead atoms. The summed E-state index contributed by atoms with van der Waals surface area (Å²) in [6.07, 6.45) is 3.76. The van der Waals surface area contributed by atoms with Crippen LogP contribution in [0.25, 0.3) is 10.2 Å². The van der Waals surface area contributed by atoms with E-state index in [0.717, 1.165) is 29.3 Å². The predicted molar refractivity (Wildman–Crippen MR) is 127 cm³/mol. The van der Waals surface area contributed by atoms with Gasteiger partial charge in [-0.1, -0.05) is 20.8 Å². The molecule has 3 rings (SSSR count). The first kappa shape index (κ1) is 21.3. The zero-order valence-electron chi connectivity index (χ0n) is 17.7. The molecule has 0 radical (unpaired) electrons. The summed E-state index contributed by atoms with van der Waals surface area (Å²) in [5.74, 6) is 0. The summed E-state index contributed by atoms with van der Waals surface area (Å²) in [4.78, 5) is 7.39. The minimum atomic E-state index is -0.247. The third-order valence-corrected chi connectivity index (χ3v) is 6.70. The number of hydrogen-bond donors (Lipinski definition) is 3. The Kier molecular flexibility index (Phi) is 6.17. The number of thiazole rings is 1. The van der Waals surface area contributed by atoms with Gasteiger partial charge in [0.25, 0.3) is 0 Å². The van der Waals surface area contributed by atoms with E-state index in [9.17, 15) is 0 Å². The van der Waals surface area contributed by atoms with E-state index in [4.69, 9.17) is 22.9 Å². The summed E-state index contributed by atoms with van der Waals surface area (Å²) in [5.41, 5.74) is 8.95. The average molecular weight is 420 g/mol. The highest BCUT2D eigenvalue weighted by atomic mass is 32.1. The highest BCUT2D eigenvalue weighted by Crippen LogP contribution is 2.38. The molecule has 1 saturated heterocycles. The molecule has 28 heavy (non-hydrogen) atoms. The van der Waals surface area contributed by atoms with Crippen LogP contribution >= 0.6 is 23.6 Å². The van der Waals surface area contributed by atoms with Gasteiger partial charge in [-0.15, -0.1) is 11.3 Å². The van der Waals surface area contributed by atoms with Gasteiger partial charge >= 0.3 is 0 Å². The molecule has 1 aromatic heterocycles. The minimum Gasteiger partial charge on any atom is -0.370 e. The molecule has 0 atom stereocenters. The molecule has 1 aliphatic heterocycles. The number of thiocarbonyl (C=S) groups is 1. The minimum absolute atomic E-state index is 0.0462. The Hall–Kier alpha value is -1.44. The third kappa shape index (κ3) is 4.93. The topological polar surface area (TPSA) is 66.2 Å². The normalized spacial score (nSPS) is 15.7. The summed E-state index contributed by atoms with van der Waals surface area (Å²) >= 11 is 7.36. The molecule has 1 aromatic carbocycles. The molecule has 2 heterocycles. The van der Waals surface area contributed by atoms with Gasteiger partial charge in [0, 0.05) is 30.6 Å². The van der Waals surface area contributed by atoms with Gasteiger partial charge in [-0.2, -0.15) is 0 Å². The van der Waals surface area contributed by atoms with E-state index in [1.165, 1.54) is 29.6 Å².